The van der Waals surface area contributed by atoms with Crippen LogP contribution in [0.1, 0.15) is 25.0 Å². The summed E-state index contributed by atoms with van der Waals surface area (Å²) in [4.78, 5) is 4.77. The van der Waals surface area contributed by atoms with Crippen LogP contribution in [0.5, 0.6) is 0 Å². The molecule has 2 heteroatoms. The largest absolute Gasteiger partial charge is 0.310 e. The molecular weight excluding hydrogens is 965 g/mol. The molecule has 0 unspecified atom stereocenters. The topological polar surface area (TPSA) is 6.48 Å². The molecule has 0 spiro atoms. The van der Waals surface area contributed by atoms with Crippen molar-refractivity contribution in [3.05, 3.63) is 327 Å². The van der Waals surface area contributed by atoms with Gasteiger partial charge in [0.1, 0.15) is 0 Å². The van der Waals surface area contributed by atoms with Crippen molar-refractivity contribution >= 4 is 46.3 Å². The number of benzene rings is 12. The first-order chi connectivity index (χ1) is 39.5. The maximum Gasteiger partial charge on any atom is 0.0467 e. The molecule has 0 saturated heterocycles. The Morgan fingerprint density at radius 2 is 0.425 bits per heavy atom. The van der Waals surface area contributed by atoms with E-state index in [0.29, 0.717) is 0 Å². The molecule has 0 N–H and O–H groups in total. The molecule has 0 amide bonds. The van der Waals surface area contributed by atoms with Crippen molar-refractivity contribution in [1.82, 2.24) is 0 Å². The van der Waals surface area contributed by atoms with Gasteiger partial charge in [0.25, 0.3) is 0 Å². The molecular formula is C78H60N2. The average Bonchev–Trinajstić information content (AvgIpc) is 3.63. The van der Waals surface area contributed by atoms with Crippen molar-refractivity contribution in [3.63, 3.8) is 0 Å². The van der Waals surface area contributed by atoms with Crippen LogP contribution in [0.15, 0.2) is 315 Å². The summed E-state index contributed by atoms with van der Waals surface area (Å²) in [5.74, 6) is 0. The van der Waals surface area contributed by atoms with E-state index < -0.39 is 0 Å². The molecule has 80 heavy (non-hydrogen) atoms. The lowest BCUT2D eigenvalue weighted by molar-refractivity contribution is 1.28. The summed E-state index contributed by atoms with van der Waals surface area (Å²) in [5.41, 5.74) is 25.1. The molecule has 12 aromatic rings. The molecule has 382 valence electrons. The molecule has 0 saturated carbocycles. The summed E-state index contributed by atoms with van der Waals surface area (Å²) in [6, 6.07) is 110. The summed E-state index contributed by atoms with van der Waals surface area (Å²) in [5, 5.41) is 0. The van der Waals surface area contributed by atoms with Gasteiger partial charge in [0.05, 0.1) is 0 Å². The molecule has 0 aliphatic rings. The Balaban J connectivity index is 0.937. The second-order valence-electron chi connectivity index (χ2n) is 20.1. The highest BCUT2D eigenvalue weighted by Gasteiger charge is 2.19. The quantitative estimate of drug-likeness (QED) is 0.101. The molecule has 0 bridgehead atoms. The van der Waals surface area contributed by atoms with Gasteiger partial charge in [-0.15, -0.1) is 0 Å². The molecule has 0 aliphatic carbocycles. The monoisotopic (exact) mass is 1020 g/mol. The second kappa shape index (κ2) is 23.5. The first-order valence-electron chi connectivity index (χ1n) is 27.5. The lowest BCUT2D eigenvalue weighted by Gasteiger charge is -2.28. The Labute approximate surface area is 471 Å². The SMILES string of the molecule is C/C=C/c1cccc(-c2cccc(N(c3ccc(-c4cccc(-c5ccccc5)c4)cc3)c3cccc(-c4cccc(N(c5ccc(-c6cccc(-c7ccccc7)c6)cc5)c5cccc(-c6cccc(/C=C/C)c6)c5)c4)c3)c2)c1. The van der Waals surface area contributed by atoms with E-state index in [4.69, 9.17) is 0 Å². The van der Waals surface area contributed by atoms with E-state index in [-0.39, 0.29) is 0 Å². The minimum atomic E-state index is 1.06. The summed E-state index contributed by atoms with van der Waals surface area (Å²) in [7, 11) is 0. The van der Waals surface area contributed by atoms with Crippen molar-refractivity contribution in [1.29, 1.82) is 0 Å². The lowest BCUT2D eigenvalue weighted by atomic mass is 9.98. The molecule has 0 heterocycles. The van der Waals surface area contributed by atoms with E-state index in [1.165, 1.54) is 55.6 Å². The fraction of sp³-hybridized carbons (Fsp3) is 0.0256. The van der Waals surface area contributed by atoms with Gasteiger partial charge in [-0.3, -0.25) is 0 Å². The van der Waals surface area contributed by atoms with Crippen molar-refractivity contribution in [2.24, 2.45) is 0 Å². The maximum absolute atomic E-state index is 2.39. The van der Waals surface area contributed by atoms with Crippen LogP contribution in [0.3, 0.4) is 0 Å². The fourth-order valence-corrected chi connectivity index (χ4v) is 10.8. The summed E-state index contributed by atoms with van der Waals surface area (Å²) < 4.78 is 0. The average molecular weight is 1030 g/mol. The van der Waals surface area contributed by atoms with Gasteiger partial charge in [-0.05, 0) is 200 Å². The van der Waals surface area contributed by atoms with E-state index in [0.717, 1.165) is 67.5 Å². The zero-order valence-electron chi connectivity index (χ0n) is 45.1. The van der Waals surface area contributed by atoms with Crippen molar-refractivity contribution < 1.29 is 0 Å². The smallest absolute Gasteiger partial charge is 0.0467 e. The molecule has 0 aromatic heterocycles. The Morgan fingerprint density at radius 1 is 0.188 bits per heavy atom. The van der Waals surface area contributed by atoms with Crippen molar-refractivity contribution in [2.75, 3.05) is 9.80 Å². The maximum atomic E-state index is 2.39. The molecule has 0 atom stereocenters. The highest BCUT2D eigenvalue weighted by molar-refractivity contribution is 5.87. The minimum Gasteiger partial charge on any atom is -0.310 e. The van der Waals surface area contributed by atoms with Crippen LogP contribution in [-0.4, -0.2) is 0 Å². The van der Waals surface area contributed by atoms with Crippen LogP contribution in [-0.2, 0) is 0 Å². The first-order valence-corrected chi connectivity index (χ1v) is 27.5. The Kier molecular flexibility index (Phi) is 14.9. The van der Waals surface area contributed by atoms with Crippen LogP contribution >= 0.6 is 0 Å². The summed E-state index contributed by atoms with van der Waals surface area (Å²) >= 11 is 0. The standard InChI is InChI=1S/C78H60N2/c1-3-19-57-21-11-27-63(49-57)69-33-15-37-75(53-69)79(73-45-41-61(42-46-73)67-31-13-29-65(51-67)59-23-7-5-8-24-59)77-39-17-35-71(55-77)72-36-18-40-78(56-72)80(76-38-16-34-70(54-76)64-28-12-22-58(50-64)20-4-2)74-47-43-62(44-48-74)68-32-14-30-66(52-68)60-25-9-6-10-26-60/h3-56H,1-2H3/b19-3+,20-4+. The first kappa shape index (κ1) is 50.5. The number of nitrogens with zero attached hydrogens (tertiary/aromatic N) is 2. The molecule has 2 nitrogen and oxygen atoms in total. The predicted octanol–water partition coefficient (Wildman–Crippen LogP) is 22.4. The zero-order valence-corrected chi connectivity index (χ0v) is 45.1. The normalized spacial score (nSPS) is 11.3. The van der Waals surface area contributed by atoms with Gasteiger partial charge in [0.15, 0.2) is 0 Å². The number of rotatable bonds is 15. The zero-order chi connectivity index (χ0) is 54.0. The van der Waals surface area contributed by atoms with Crippen LogP contribution in [0.4, 0.5) is 34.1 Å². The van der Waals surface area contributed by atoms with Gasteiger partial charge in [-0.25, -0.2) is 0 Å². The van der Waals surface area contributed by atoms with Gasteiger partial charge in [0, 0.05) is 34.1 Å². The van der Waals surface area contributed by atoms with E-state index in [9.17, 15) is 0 Å². The Hall–Kier alpha value is -10.3. The fourth-order valence-electron chi connectivity index (χ4n) is 10.8. The van der Waals surface area contributed by atoms with Crippen LogP contribution in [0.25, 0.3) is 90.0 Å². The van der Waals surface area contributed by atoms with E-state index in [2.05, 4.69) is 351 Å². The van der Waals surface area contributed by atoms with E-state index >= 15 is 0 Å². The van der Waals surface area contributed by atoms with Gasteiger partial charge in [-0.2, -0.15) is 0 Å². The summed E-state index contributed by atoms with van der Waals surface area (Å²) in [6.07, 6.45) is 8.49. The van der Waals surface area contributed by atoms with E-state index in [1.807, 2.05) is 0 Å². The molecule has 0 aliphatic heterocycles. The third-order valence-corrected chi connectivity index (χ3v) is 14.8. The lowest BCUT2D eigenvalue weighted by Crippen LogP contribution is -2.10. The number of allylic oxidation sites excluding steroid dienone is 2. The third kappa shape index (κ3) is 11.2. The number of anilines is 6. The van der Waals surface area contributed by atoms with Crippen molar-refractivity contribution in [2.45, 2.75) is 13.8 Å². The third-order valence-electron chi connectivity index (χ3n) is 14.8. The second-order valence-corrected chi connectivity index (χ2v) is 20.1. The van der Waals surface area contributed by atoms with Gasteiger partial charge in [-0.1, -0.05) is 231 Å². The van der Waals surface area contributed by atoms with Crippen molar-refractivity contribution in [3.8, 4) is 77.9 Å². The van der Waals surface area contributed by atoms with Gasteiger partial charge in [0.2, 0.25) is 0 Å². The Morgan fingerprint density at radius 3 is 0.725 bits per heavy atom. The minimum absolute atomic E-state index is 1.06. The van der Waals surface area contributed by atoms with Crippen LogP contribution in [0.2, 0.25) is 0 Å². The number of hydrogen-bond acceptors (Lipinski definition) is 2. The van der Waals surface area contributed by atoms with Gasteiger partial charge < -0.3 is 9.80 Å². The molecule has 0 fully saturated rings. The predicted molar refractivity (Wildman–Crippen MR) is 343 cm³/mol. The van der Waals surface area contributed by atoms with Crippen LogP contribution in [0, 0.1) is 0 Å². The molecule has 12 rings (SSSR count). The highest BCUT2D eigenvalue weighted by Crippen LogP contribution is 2.43. The molecule has 0 radical (unpaired) electrons. The number of hydrogen-bond donors (Lipinski definition) is 0. The van der Waals surface area contributed by atoms with Gasteiger partial charge >= 0.3 is 0 Å². The van der Waals surface area contributed by atoms with E-state index in [1.54, 1.807) is 0 Å². The highest BCUT2D eigenvalue weighted by atomic mass is 15.1. The molecule has 12 aromatic carbocycles. The van der Waals surface area contributed by atoms with Crippen LogP contribution < -0.4 is 9.80 Å². The summed E-state index contributed by atoms with van der Waals surface area (Å²) in [6.45, 7) is 4.13. The Bertz CT molecular complexity index is 3860.